The highest BCUT2D eigenvalue weighted by Crippen LogP contribution is 2.30. The van der Waals surface area contributed by atoms with Gasteiger partial charge in [0.15, 0.2) is 0 Å². The molecular formula is C20H26N5. The van der Waals surface area contributed by atoms with Crippen LogP contribution in [-0.2, 0) is 0 Å². The van der Waals surface area contributed by atoms with Crippen molar-refractivity contribution in [2.75, 3.05) is 47.4 Å². The van der Waals surface area contributed by atoms with E-state index >= 15 is 0 Å². The maximum Gasteiger partial charge on any atom is 0.229 e. The lowest BCUT2D eigenvalue weighted by Gasteiger charge is -2.26. The smallest absolute Gasteiger partial charge is 0.229 e. The van der Waals surface area contributed by atoms with Gasteiger partial charge in [-0.15, -0.1) is 0 Å². The molecule has 2 saturated heterocycles. The molecule has 0 spiro atoms. The van der Waals surface area contributed by atoms with Crippen molar-refractivity contribution >= 4 is 23.3 Å². The van der Waals surface area contributed by atoms with Crippen LogP contribution < -0.4 is 14.7 Å². The summed E-state index contributed by atoms with van der Waals surface area (Å²) in [5.41, 5.74) is 1.12. The molecule has 1 radical (unpaired) electrons. The minimum Gasteiger partial charge on any atom is -0.356 e. The third-order valence-corrected chi connectivity index (χ3v) is 5.07. The van der Waals surface area contributed by atoms with E-state index in [4.69, 9.17) is 9.97 Å². The van der Waals surface area contributed by atoms with Gasteiger partial charge in [0.05, 0.1) is 0 Å². The Bertz CT molecular complexity index is 656. The van der Waals surface area contributed by atoms with Crippen LogP contribution in [0.1, 0.15) is 25.7 Å². The van der Waals surface area contributed by atoms with Crippen molar-refractivity contribution in [1.82, 2.24) is 9.97 Å². The Morgan fingerprint density at radius 3 is 2.16 bits per heavy atom. The molecule has 2 aliphatic heterocycles. The predicted octanol–water partition coefficient (Wildman–Crippen LogP) is 3.65. The van der Waals surface area contributed by atoms with E-state index in [-0.39, 0.29) is 0 Å². The summed E-state index contributed by atoms with van der Waals surface area (Å²) >= 11 is 0. The van der Waals surface area contributed by atoms with Gasteiger partial charge >= 0.3 is 0 Å². The zero-order chi connectivity index (χ0) is 17.1. The fourth-order valence-electron chi connectivity index (χ4n) is 3.70. The first-order valence-electron chi connectivity index (χ1n) is 9.36. The van der Waals surface area contributed by atoms with E-state index in [1.807, 2.05) is 6.07 Å². The van der Waals surface area contributed by atoms with Gasteiger partial charge in [-0.2, -0.15) is 9.97 Å². The normalized spacial score (nSPS) is 17.3. The molecule has 25 heavy (non-hydrogen) atoms. The number of para-hydroxylation sites is 1. The zero-order valence-electron chi connectivity index (χ0n) is 14.8. The molecular weight excluding hydrogens is 310 g/mol. The lowest BCUT2D eigenvalue weighted by atomic mass is 10.3. The van der Waals surface area contributed by atoms with E-state index in [2.05, 4.69) is 52.0 Å². The molecule has 0 N–H and O–H groups in total. The number of aromatic nitrogens is 2. The molecule has 0 saturated carbocycles. The second-order valence-corrected chi connectivity index (χ2v) is 6.76. The number of anilines is 4. The minimum atomic E-state index is 0.639. The predicted molar refractivity (Wildman–Crippen MR) is 104 cm³/mol. The molecule has 1 aromatic heterocycles. The van der Waals surface area contributed by atoms with Gasteiger partial charge in [-0.1, -0.05) is 18.2 Å². The van der Waals surface area contributed by atoms with Gasteiger partial charge in [0, 0.05) is 44.5 Å². The van der Waals surface area contributed by atoms with Crippen LogP contribution >= 0.6 is 0 Å². The van der Waals surface area contributed by atoms with Gasteiger partial charge in [-0.25, -0.2) is 0 Å². The molecule has 2 fully saturated rings. The first-order valence-corrected chi connectivity index (χ1v) is 9.36. The quantitative estimate of drug-likeness (QED) is 0.833. The number of nitrogens with zero attached hydrogens (tertiary/aromatic N) is 5. The highest BCUT2D eigenvalue weighted by molar-refractivity contribution is 5.65. The second-order valence-electron chi connectivity index (χ2n) is 6.76. The summed E-state index contributed by atoms with van der Waals surface area (Å²) in [7, 11) is 0. The summed E-state index contributed by atoms with van der Waals surface area (Å²) in [5.74, 6) is 2.87. The van der Waals surface area contributed by atoms with Crippen molar-refractivity contribution in [1.29, 1.82) is 0 Å². The second kappa shape index (κ2) is 7.30. The Labute approximate surface area is 150 Å². The van der Waals surface area contributed by atoms with Crippen LogP contribution in [0.25, 0.3) is 0 Å². The SMILES string of the molecule is [CH2]CN(c1ccccc1)c1cc(N2CCCC2)nc(N2CCCC2)n1. The third-order valence-electron chi connectivity index (χ3n) is 5.07. The molecule has 1 aromatic carbocycles. The van der Waals surface area contributed by atoms with E-state index in [1.54, 1.807) is 0 Å². The van der Waals surface area contributed by atoms with Crippen LogP contribution in [-0.4, -0.2) is 42.7 Å². The first-order chi connectivity index (χ1) is 12.3. The summed E-state index contributed by atoms with van der Waals surface area (Å²) < 4.78 is 0. The number of benzene rings is 1. The average Bonchev–Trinajstić information content (AvgIpc) is 3.37. The first kappa shape index (κ1) is 16.2. The van der Waals surface area contributed by atoms with Gasteiger partial charge in [-0.3, -0.25) is 0 Å². The Morgan fingerprint density at radius 1 is 0.880 bits per heavy atom. The van der Waals surface area contributed by atoms with E-state index in [0.717, 1.165) is 49.5 Å². The summed E-state index contributed by atoms with van der Waals surface area (Å²) in [6, 6.07) is 12.5. The fourth-order valence-corrected chi connectivity index (χ4v) is 3.70. The lowest BCUT2D eigenvalue weighted by molar-refractivity contribution is 0.863. The van der Waals surface area contributed by atoms with Gasteiger partial charge in [0.1, 0.15) is 11.6 Å². The Balaban J connectivity index is 1.74. The van der Waals surface area contributed by atoms with Crippen molar-refractivity contribution < 1.29 is 0 Å². The minimum absolute atomic E-state index is 0.639. The maximum atomic E-state index is 4.91. The molecule has 3 heterocycles. The monoisotopic (exact) mass is 336 g/mol. The Morgan fingerprint density at radius 2 is 1.52 bits per heavy atom. The van der Waals surface area contributed by atoms with Crippen LogP contribution in [0.3, 0.4) is 0 Å². The number of rotatable bonds is 5. The van der Waals surface area contributed by atoms with Gasteiger partial charge in [0.25, 0.3) is 0 Å². The van der Waals surface area contributed by atoms with Crippen LogP contribution in [0.2, 0.25) is 0 Å². The van der Waals surface area contributed by atoms with Crippen LogP contribution in [0.4, 0.5) is 23.3 Å². The molecule has 0 atom stereocenters. The van der Waals surface area contributed by atoms with E-state index in [1.165, 1.54) is 25.7 Å². The third kappa shape index (κ3) is 3.41. The van der Waals surface area contributed by atoms with Crippen LogP contribution in [0.5, 0.6) is 0 Å². The Hall–Kier alpha value is -2.30. The van der Waals surface area contributed by atoms with Crippen LogP contribution in [0.15, 0.2) is 36.4 Å². The van der Waals surface area contributed by atoms with E-state index < -0.39 is 0 Å². The molecule has 2 aliphatic rings. The molecule has 0 bridgehead atoms. The zero-order valence-corrected chi connectivity index (χ0v) is 14.8. The number of hydrogen-bond donors (Lipinski definition) is 0. The topological polar surface area (TPSA) is 35.5 Å². The standard InChI is InChI=1S/C20H26N5/c1-2-25(17-10-4-3-5-11-17)19-16-18(23-12-6-7-13-23)21-20(22-19)24-14-8-9-15-24/h3-5,10-11,16H,1-2,6-9,12-15H2. The molecule has 0 unspecified atom stereocenters. The van der Waals surface area contributed by atoms with Crippen molar-refractivity contribution in [3.05, 3.63) is 43.3 Å². The van der Waals surface area contributed by atoms with E-state index in [9.17, 15) is 0 Å². The van der Waals surface area contributed by atoms with E-state index in [0.29, 0.717) is 6.54 Å². The van der Waals surface area contributed by atoms with Crippen LogP contribution in [0, 0.1) is 6.92 Å². The van der Waals surface area contributed by atoms with Gasteiger partial charge in [0.2, 0.25) is 5.95 Å². The summed E-state index contributed by atoms with van der Waals surface area (Å²) in [6.07, 6.45) is 4.95. The highest BCUT2D eigenvalue weighted by atomic mass is 15.3. The van der Waals surface area contributed by atoms with Crippen molar-refractivity contribution in [3.8, 4) is 0 Å². The highest BCUT2D eigenvalue weighted by Gasteiger charge is 2.22. The molecule has 5 heteroatoms. The largest absolute Gasteiger partial charge is 0.356 e. The average molecular weight is 336 g/mol. The van der Waals surface area contributed by atoms with Crippen molar-refractivity contribution in [2.24, 2.45) is 0 Å². The number of hydrogen-bond acceptors (Lipinski definition) is 5. The summed E-state index contributed by atoms with van der Waals surface area (Å²) in [6.45, 7) is 9.06. The summed E-state index contributed by atoms with van der Waals surface area (Å²) in [5, 5.41) is 0. The molecule has 0 amide bonds. The lowest BCUT2D eigenvalue weighted by Crippen LogP contribution is -2.26. The molecule has 2 aromatic rings. The fraction of sp³-hybridized carbons (Fsp3) is 0.450. The maximum absolute atomic E-state index is 4.91. The Kier molecular flexibility index (Phi) is 4.72. The molecule has 0 aliphatic carbocycles. The van der Waals surface area contributed by atoms with Gasteiger partial charge < -0.3 is 14.7 Å². The molecule has 4 rings (SSSR count). The van der Waals surface area contributed by atoms with Crippen molar-refractivity contribution in [3.63, 3.8) is 0 Å². The summed E-state index contributed by atoms with van der Waals surface area (Å²) in [4.78, 5) is 16.7. The molecule has 5 nitrogen and oxygen atoms in total. The molecule has 131 valence electrons. The van der Waals surface area contributed by atoms with Gasteiger partial charge in [-0.05, 0) is 44.7 Å². The van der Waals surface area contributed by atoms with Crippen molar-refractivity contribution in [2.45, 2.75) is 25.7 Å².